The first-order chi connectivity index (χ1) is 4.29. The van der Waals surface area contributed by atoms with Crippen molar-refractivity contribution in [1.29, 1.82) is 0 Å². The van der Waals surface area contributed by atoms with Gasteiger partial charge in [0.2, 0.25) is 0 Å². The summed E-state index contributed by atoms with van der Waals surface area (Å²) in [5.41, 5.74) is 1.46. The monoisotopic (exact) mass is 301 g/mol. The van der Waals surface area contributed by atoms with E-state index in [1.54, 1.807) is 0 Å². The van der Waals surface area contributed by atoms with E-state index in [-0.39, 0.29) is 25.8 Å². The topological polar surface area (TPSA) is 0 Å². The minimum absolute atomic E-state index is 0. The average Bonchev–Trinajstić information content (AvgIpc) is 2.15. The van der Waals surface area contributed by atoms with Gasteiger partial charge in [-0.1, -0.05) is 26.2 Å². The molecule has 0 radical (unpaired) electrons. The average molecular weight is 300 g/mol. The van der Waals surface area contributed by atoms with Gasteiger partial charge in [-0.15, -0.1) is 0 Å². The van der Waals surface area contributed by atoms with Gasteiger partial charge in [0, 0.05) is 25.8 Å². The van der Waals surface area contributed by atoms with Crippen LogP contribution in [0.2, 0.25) is 0 Å². The van der Waals surface area contributed by atoms with Crippen LogP contribution in [0.3, 0.4) is 0 Å². The Kier molecular flexibility index (Phi) is 5.06. The molecule has 54 valence electrons. The molecule has 0 unspecified atom stereocenters. The van der Waals surface area contributed by atoms with Crippen LogP contribution in [-0.2, 0) is 32.3 Å². The van der Waals surface area contributed by atoms with Crippen molar-refractivity contribution >= 4 is 0 Å². The zero-order valence-electron chi connectivity index (χ0n) is 6.59. The molecule has 0 saturated heterocycles. The Balaban J connectivity index is 0.000000810. The van der Waals surface area contributed by atoms with Gasteiger partial charge in [0.25, 0.3) is 0 Å². The number of rotatable bonds is 2. The van der Waals surface area contributed by atoms with Gasteiger partial charge >= 0.3 is 0 Å². The van der Waals surface area contributed by atoms with Crippen LogP contribution in [-0.4, -0.2) is 0 Å². The van der Waals surface area contributed by atoms with E-state index in [0.29, 0.717) is 0 Å². The second-order valence-corrected chi connectivity index (χ2v) is 2.89. The molecule has 0 spiro atoms. The third-order valence-corrected chi connectivity index (χ3v) is 1.38. The van der Waals surface area contributed by atoms with Crippen molar-refractivity contribution < 1.29 is 25.8 Å². The Hall–Kier alpha value is 0.220. The van der Waals surface area contributed by atoms with E-state index in [1.165, 1.54) is 12.0 Å². The standard InChI is InChI=1S/C9H13.Hf/c1-8(2)7-9-5-3-4-6-9;/h3-6,8H,7H2,1-2H3;/q-1;. The molecule has 0 aliphatic heterocycles. The largest absolute Gasteiger partial charge is 0.213 e. The summed E-state index contributed by atoms with van der Waals surface area (Å²) < 4.78 is 0. The van der Waals surface area contributed by atoms with Gasteiger partial charge < -0.3 is 0 Å². The first-order valence-corrected chi connectivity index (χ1v) is 3.49. The van der Waals surface area contributed by atoms with E-state index in [4.69, 9.17) is 0 Å². The van der Waals surface area contributed by atoms with Crippen molar-refractivity contribution in [2.45, 2.75) is 20.3 Å². The summed E-state index contributed by atoms with van der Waals surface area (Å²) in [6, 6.07) is 8.55. The fraction of sp³-hybridized carbons (Fsp3) is 0.444. The van der Waals surface area contributed by atoms with Gasteiger partial charge in [0.15, 0.2) is 0 Å². The molecule has 1 aromatic rings. The number of hydrogen-bond acceptors (Lipinski definition) is 0. The summed E-state index contributed by atoms with van der Waals surface area (Å²) in [7, 11) is 0. The summed E-state index contributed by atoms with van der Waals surface area (Å²) in [5.74, 6) is 0.785. The molecule has 0 nitrogen and oxygen atoms in total. The summed E-state index contributed by atoms with van der Waals surface area (Å²) in [4.78, 5) is 0. The Morgan fingerprint density at radius 1 is 1.20 bits per heavy atom. The van der Waals surface area contributed by atoms with E-state index >= 15 is 0 Å². The maximum atomic E-state index is 2.24. The van der Waals surface area contributed by atoms with Crippen molar-refractivity contribution in [1.82, 2.24) is 0 Å². The van der Waals surface area contributed by atoms with E-state index in [9.17, 15) is 0 Å². The fourth-order valence-electron chi connectivity index (χ4n) is 1.02. The summed E-state index contributed by atoms with van der Waals surface area (Å²) in [6.07, 6.45) is 1.22. The SMILES string of the molecule is CC(C)C[c-]1cccc1.[Hf]. The van der Waals surface area contributed by atoms with E-state index < -0.39 is 0 Å². The molecule has 0 N–H and O–H groups in total. The quantitative estimate of drug-likeness (QED) is 0.582. The molecule has 0 aromatic heterocycles. The van der Waals surface area contributed by atoms with Crippen molar-refractivity contribution in [2.75, 3.05) is 0 Å². The summed E-state index contributed by atoms with van der Waals surface area (Å²) >= 11 is 0. The molecule has 0 fully saturated rings. The molecule has 0 amide bonds. The Morgan fingerprint density at radius 2 is 1.70 bits per heavy atom. The maximum Gasteiger partial charge on any atom is 0 e. The van der Waals surface area contributed by atoms with Crippen LogP contribution in [0.5, 0.6) is 0 Å². The summed E-state index contributed by atoms with van der Waals surface area (Å²) in [6.45, 7) is 4.49. The third kappa shape index (κ3) is 3.40. The van der Waals surface area contributed by atoms with E-state index in [1.807, 2.05) is 0 Å². The second kappa shape index (κ2) is 4.95. The molecular formula is C9H13Hf-. The minimum atomic E-state index is 0. The third-order valence-electron chi connectivity index (χ3n) is 1.38. The zero-order chi connectivity index (χ0) is 6.69. The van der Waals surface area contributed by atoms with Gasteiger partial charge in [-0.3, -0.25) is 0 Å². The first kappa shape index (κ1) is 10.2. The van der Waals surface area contributed by atoms with Gasteiger partial charge in [0.1, 0.15) is 0 Å². The Labute approximate surface area is 81.8 Å². The number of hydrogen-bond donors (Lipinski definition) is 0. The van der Waals surface area contributed by atoms with Crippen molar-refractivity contribution in [3.05, 3.63) is 29.8 Å². The van der Waals surface area contributed by atoms with Crippen LogP contribution in [0.15, 0.2) is 24.3 Å². The van der Waals surface area contributed by atoms with Gasteiger partial charge in [-0.2, -0.15) is 17.7 Å². The fourth-order valence-corrected chi connectivity index (χ4v) is 1.02. The van der Waals surface area contributed by atoms with Crippen molar-refractivity contribution in [2.24, 2.45) is 5.92 Å². The minimum Gasteiger partial charge on any atom is -0.213 e. The van der Waals surface area contributed by atoms with Crippen LogP contribution in [0.4, 0.5) is 0 Å². The normalized spacial score (nSPS) is 9.50. The Bertz CT molecular complexity index is 151. The first-order valence-electron chi connectivity index (χ1n) is 3.49. The molecule has 0 heterocycles. The smallest absolute Gasteiger partial charge is 0 e. The van der Waals surface area contributed by atoms with Crippen molar-refractivity contribution in [3.8, 4) is 0 Å². The molecule has 0 bridgehead atoms. The van der Waals surface area contributed by atoms with Crippen LogP contribution in [0.25, 0.3) is 0 Å². The van der Waals surface area contributed by atoms with Gasteiger partial charge in [-0.05, 0) is 0 Å². The predicted molar refractivity (Wildman–Crippen MR) is 40.6 cm³/mol. The van der Waals surface area contributed by atoms with Crippen LogP contribution >= 0.6 is 0 Å². The Morgan fingerprint density at radius 3 is 2.10 bits per heavy atom. The molecule has 1 aromatic carbocycles. The zero-order valence-corrected chi connectivity index (χ0v) is 10.2. The van der Waals surface area contributed by atoms with Crippen LogP contribution in [0.1, 0.15) is 19.4 Å². The second-order valence-electron chi connectivity index (χ2n) is 2.89. The van der Waals surface area contributed by atoms with Crippen molar-refractivity contribution in [3.63, 3.8) is 0 Å². The predicted octanol–water partition coefficient (Wildman–Crippen LogP) is 2.60. The molecule has 10 heavy (non-hydrogen) atoms. The molecule has 0 aliphatic carbocycles. The molecule has 1 heteroatoms. The van der Waals surface area contributed by atoms with Gasteiger partial charge in [0.05, 0.1) is 0 Å². The van der Waals surface area contributed by atoms with E-state index in [2.05, 4.69) is 38.1 Å². The van der Waals surface area contributed by atoms with Gasteiger partial charge in [-0.25, -0.2) is 12.1 Å². The molecule has 0 aliphatic rings. The van der Waals surface area contributed by atoms with Crippen LogP contribution in [0, 0.1) is 5.92 Å². The molecular weight excluding hydrogens is 287 g/mol. The van der Waals surface area contributed by atoms with E-state index in [0.717, 1.165) is 5.92 Å². The molecule has 1 rings (SSSR count). The summed E-state index contributed by atoms with van der Waals surface area (Å²) in [5, 5.41) is 0. The van der Waals surface area contributed by atoms with Crippen LogP contribution < -0.4 is 0 Å². The maximum absolute atomic E-state index is 2.24. The molecule has 0 saturated carbocycles. The molecule has 0 atom stereocenters.